The Balaban J connectivity index is 0. The van der Waals surface area contributed by atoms with Crippen LogP contribution in [0.15, 0.2) is 24.3 Å². The van der Waals surface area contributed by atoms with Crippen LogP contribution < -0.4 is 9.49 Å². The first-order valence-electron chi connectivity index (χ1n) is 3.99. The van der Waals surface area contributed by atoms with E-state index >= 15 is 0 Å². The van der Waals surface area contributed by atoms with E-state index in [-0.39, 0.29) is 35.9 Å². The van der Waals surface area contributed by atoms with E-state index in [0.29, 0.717) is 0 Å². The van der Waals surface area contributed by atoms with Crippen molar-refractivity contribution in [2.75, 3.05) is 13.3 Å². The van der Waals surface area contributed by atoms with Crippen molar-refractivity contribution in [1.29, 1.82) is 0 Å². The van der Waals surface area contributed by atoms with Gasteiger partial charge in [-0.05, 0) is 25.5 Å². The molecule has 0 heterocycles. The minimum atomic E-state index is -5.08. The molecular formula is C8H12Cl2FO4PS. The van der Waals surface area contributed by atoms with Crippen LogP contribution in [0, 0.1) is 0 Å². The molecule has 0 atom stereocenters. The van der Waals surface area contributed by atoms with Gasteiger partial charge in [-0.15, -0.1) is 24.8 Å². The van der Waals surface area contributed by atoms with Crippen LogP contribution in [0.25, 0.3) is 0 Å². The molecule has 1 aromatic rings. The normalized spacial score (nSPS) is 11.0. The molecule has 0 saturated carbocycles. The summed E-state index contributed by atoms with van der Waals surface area (Å²) < 4.78 is 48.7. The molecule has 4 nitrogen and oxygen atoms in total. The van der Waals surface area contributed by atoms with Crippen molar-refractivity contribution in [2.24, 2.45) is 0 Å². The fourth-order valence-corrected chi connectivity index (χ4v) is 2.60. The van der Waals surface area contributed by atoms with Gasteiger partial charge in [0.25, 0.3) is 0 Å². The Kier molecular flexibility index (Phi) is 7.39. The molecule has 0 radical (unpaired) electrons. The van der Waals surface area contributed by atoms with Crippen LogP contribution in [0.5, 0.6) is 5.75 Å². The fraction of sp³-hybridized carbons (Fsp3) is 0.250. The topological polar surface area (TPSA) is 60.4 Å². The van der Waals surface area contributed by atoms with Gasteiger partial charge in [-0.2, -0.15) is 8.42 Å². The molecule has 0 amide bonds. The van der Waals surface area contributed by atoms with Crippen LogP contribution >= 0.6 is 32.0 Å². The van der Waals surface area contributed by atoms with E-state index in [2.05, 4.69) is 4.18 Å². The molecule has 0 spiro atoms. The fourth-order valence-electron chi connectivity index (χ4n) is 1.08. The average Bonchev–Trinajstić information content (AvgIpc) is 1.99. The lowest BCUT2D eigenvalue weighted by atomic mass is 10.3. The van der Waals surface area contributed by atoms with Crippen molar-refractivity contribution < 1.29 is 21.1 Å². The van der Waals surface area contributed by atoms with Crippen molar-refractivity contribution in [2.45, 2.75) is 0 Å². The summed E-state index contributed by atoms with van der Waals surface area (Å²) in [6.45, 7) is 2.89. The highest BCUT2D eigenvalue weighted by Gasteiger charge is 2.20. The maximum atomic E-state index is 12.3. The molecule has 0 unspecified atom stereocenters. The van der Waals surface area contributed by atoms with Crippen molar-refractivity contribution in [3.05, 3.63) is 24.3 Å². The van der Waals surface area contributed by atoms with Gasteiger partial charge in [0.2, 0.25) is 0 Å². The average molecular weight is 325 g/mol. The quantitative estimate of drug-likeness (QED) is 0.632. The highest BCUT2D eigenvalue weighted by molar-refractivity contribution is 7.82. The van der Waals surface area contributed by atoms with E-state index in [1.54, 1.807) is 6.07 Å². The maximum absolute atomic E-state index is 12.3. The van der Waals surface area contributed by atoms with E-state index in [0.717, 1.165) is 0 Å². The van der Waals surface area contributed by atoms with Crippen molar-refractivity contribution in [3.63, 3.8) is 0 Å². The Morgan fingerprint density at radius 2 is 1.65 bits per heavy atom. The summed E-state index contributed by atoms with van der Waals surface area (Å²) in [7, 11) is -7.78. The number of rotatable bonds is 3. The second-order valence-electron chi connectivity index (χ2n) is 3.30. The Labute approximate surface area is 112 Å². The van der Waals surface area contributed by atoms with Gasteiger partial charge in [0.15, 0.2) is 5.75 Å². The largest absolute Gasteiger partial charge is 0.488 e. The molecule has 0 aliphatic heterocycles. The Bertz CT molecular complexity index is 514. The van der Waals surface area contributed by atoms with Crippen molar-refractivity contribution >= 4 is 47.8 Å². The van der Waals surface area contributed by atoms with Gasteiger partial charge in [-0.25, -0.2) is 0 Å². The SMILES string of the molecule is CP(C)(=O)c1ccccc1OS(=O)(=O)F.Cl.Cl. The van der Waals surface area contributed by atoms with Crippen LogP contribution in [0.1, 0.15) is 0 Å². The van der Waals surface area contributed by atoms with Gasteiger partial charge in [0.05, 0.1) is 5.30 Å². The maximum Gasteiger partial charge on any atom is 0.488 e. The second-order valence-corrected chi connectivity index (χ2v) is 7.43. The third-order valence-electron chi connectivity index (χ3n) is 1.63. The lowest BCUT2D eigenvalue weighted by molar-refractivity contribution is 0.441. The highest BCUT2D eigenvalue weighted by Crippen LogP contribution is 2.38. The van der Waals surface area contributed by atoms with Crippen LogP contribution in [0.4, 0.5) is 3.89 Å². The van der Waals surface area contributed by atoms with Gasteiger partial charge in [-0.3, -0.25) is 0 Å². The minimum absolute atomic E-state index is 0. The Morgan fingerprint density at radius 1 is 1.18 bits per heavy atom. The van der Waals surface area contributed by atoms with E-state index in [1.807, 2.05) is 0 Å². The molecular weight excluding hydrogens is 313 g/mol. The lowest BCUT2D eigenvalue weighted by Gasteiger charge is -2.10. The summed E-state index contributed by atoms with van der Waals surface area (Å²) >= 11 is 0. The standard InChI is InChI=1S/C8H10FO4PS.2ClH/c1-14(2,10)8-6-4-3-5-7(8)13-15(9,11)12;;/h3-6H,1-2H3;2*1H. The first kappa shape index (κ1) is 19.1. The second kappa shape index (κ2) is 6.59. The van der Waals surface area contributed by atoms with Gasteiger partial charge in [0, 0.05) is 0 Å². The van der Waals surface area contributed by atoms with Crippen molar-refractivity contribution in [1.82, 2.24) is 0 Å². The predicted octanol–water partition coefficient (Wildman–Crippen LogP) is 2.37. The zero-order valence-electron chi connectivity index (χ0n) is 8.99. The first-order valence-corrected chi connectivity index (χ1v) is 7.90. The van der Waals surface area contributed by atoms with E-state index in [9.17, 15) is 16.9 Å². The zero-order chi connectivity index (χ0) is 11.7. The molecule has 0 N–H and O–H groups in total. The van der Waals surface area contributed by atoms with Crippen LogP contribution in [-0.2, 0) is 15.1 Å². The van der Waals surface area contributed by atoms with Gasteiger partial charge in [-0.1, -0.05) is 16.0 Å². The van der Waals surface area contributed by atoms with Crippen LogP contribution in [0.2, 0.25) is 0 Å². The van der Waals surface area contributed by atoms with Crippen LogP contribution in [0.3, 0.4) is 0 Å². The number of halogens is 3. The zero-order valence-corrected chi connectivity index (χ0v) is 12.3. The third kappa shape index (κ3) is 6.27. The summed E-state index contributed by atoms with van der Waals surface area (Å²) in [5.41, 5.74) is 0. The Hall–Kier alpha value is -0.290. The molecule has 0 bridgehead atoms. The van der Waals surface area contributed by atoms with Gasteiger partial charge < -0.3 is 8.75 Å². The molecule has 9 heteroatoms. The predicted molar refractivity (Wildman–Crippen MR) is 70.7 cm³/mol. The summed E-state index contributed by atoms with van der Waals surface area (Å²) in [6, 6.07) is 5.75. The molecule has 1 aromatic carbocycles. The smallest absolute Gasteiger partial charge is 0.358 e. The first-order chi connectivity index (χ1) is 6.70. The highest BCUT2D eigenvalue weighted by atomic mass is 35.5. The molecule has 17 heavy (non-hydrogen) atoms. The lowest BCUT2D eigenvalue weighted by Crippen LogP contribution is -2.11. The van der Waals surface area contributed by atoms with Gasteiger partial charge >= 0.3 is 10.5 Å². The molecule has 0 fully saturated rings. The molecule has 100 valence electrons. The monoisotopic (exact) mass is 324 g/mol. The number of hydrogen-bond acceptors (Lipinski definition) is 4. The summed E-state index contributed by atoms with van der Waals surface area (Å²) in [5.74, 6) is -0.228. The summed E-state index contributed by atoms with van der Waals surface area (Å²) in [5, 5.41) is 0.200. The van der Waals surface area contributed by atoms with Crippen molar-refractivity contribution in [3.8, 4) is 5.75 Å². The van der Waals surface area contributed by atoms with Gasteiger partial charge in [0.1, 0.15) is 7.14 Å². The Morgan fingerprint density at radius 3 is 2.06 bits per heavy atom. The molecule has 0 aromatic heterocycles. The molecule has 0 saturated heterocycles. The minimum Gasteiger partial charge on any atom is -0.358 e. The van der Waals surface area contributed by atoms with E-state index in [4.69, 9.17) is 0 Å². The number of benzene rings is 1. The number of para-hydroxylation sites is 1. The molecule has 1 rings (SSSR count). The molecule has 0 aliphatic carbocycles. The van der Waals surface area contributed by atoms with Crippen LogP contribution in [-0.4, -0.2) is 21.7 Å². The van der Waals surface area contributed by atoms with E-state index < -0.39 is 17.6 Å². The number of hydrogen-bond donors (Lipinski definition) is 0. The van der Waals surface area contributed by atoms with E-state index in [1.165, 1.54) is 31.5 Å². The summed E-state index contributed by atoms with van der Waals surface area (Å²) in [6.07, 6.45) is 0. The third-order valence-corrected chi connectivity index (χ3v) is 3.54. The molecule has 0 aliphatic rings. The summed E-state index contributed by atoms with van der Waals surface area (Å²) in [4.78, 5) is 0.